The van der Waals surface area contributed by atoms with Crippen molar-refractivity contribution in [2.24, 2.45) is 16.9 Å². The van der Waals surface area contributed by atoms with Crippen LogP contribution in [-0.2, 0) is 6.18 Å². The Morgan fingerprint density at radius 1 is 1.17 bits per heavy atom. The molecule has 3 nitrogen and oxygen atoms in total. The highest BCUT2D eigenvalue weighted by Crippen LogP contribution is 2.38. The number of nitrogens with one attached hydrogen (secondary N) is 2. The van der Waals surface area contributed by atoms with Gasteiger partial charge in [-0.15, -0.1) is 0 Å². The maximum atomic E-state index is 12.5. The van der Waals surface area contributed by atoms with Gasteiger partial charge in [-0.05, 0) is 54.6 Å². The molecule has 3 unspecified atom stereocenters. The van der Waals surface area contributed by atoms with E-state index >= 15 is 0 Å². The van der Waals surface area contributed by atoms with Gasteiger partial charge in [-0.2, -0.15) is 18.3 Å². The highest BCUT2D eigenvalue weighted by molar-refractivity contribution is 7.80. The lowest BCUT2D eigenvalue weighted by molar-refractivity contribution is -0.137. The van der Waals surface area contributed by atoms with Crippen LogP contribution in [0.1, 0.15) is 24.0 Å². The molecule has 7 heteroatoms. The molecule has 122 valence electrons. The number of nitrogens with zero attached hydrogens (tertiary/aromatic N) is 1. The third-order valence-electron chi connectivity index (χ3n) is 4.21. The Morgan fingerprint density at radius 3 is 2.48 bits per heavy atom. The van der Waals surface area contributed by atoms with Gasteiger partial charge in [0.25, 0.3) is 0 Å². The van der Waals surface area contributed by atoms with Gasteiger partial charge in [0.05, 0.1) is 11.8 Å². The number of alkyl halides is 3. The topological polar surface area (TPSA) is 36.4 Å². The van der Waals surface area contributed by atoms with Gasteiger partial charge in [-0.1, -0.05) is 24.3 Å². The number of benzene rings is 1. The first kappa shape index (κ1) is 16.0. The number of hydrazone groups is 1. The molecule has 1 fully saturated rings. The molecule has 0 saturated heterocycles. The quantitative estimate of drug-likeness (QED) is 0.383. The second-order valence-electron chi connectivity index (χ2n) is 5.85. The van der Waals surface area contributed by atoms with Crippen molar-refractivity contribution < 1.29 is 13.2 Å². The molecule has 2 bridgehead atoms. The van der Waals surface area contributed by atoms with E-state index < -0.39 is 11.7 Å². The summed E-state index contributed by atoms with van der Waals surface area (Å²) in [6, 6.07) is 5.13. The second-order valence-corrected chi connectivity index (χ2v) is 6.26. The van der Waals surface area contributed by atoms with Crippen molar-refractivity contribution in [3.05, 3.63) is 47.5 Å². The van der Waals surface area contributed by atoms with Crippen molar-refractivity contribution in [3.8, 4) is 0 Å². The molecule has 0 aromatic heterocycles. The number of thiocarbonyl (C=S) groups is 1. The Balaban J connectivity index is 1.48. The maximum Gasteiger partial charge on any atom is 0.416 e. The highest BCUT2D eigenvalue weighted by Gasteiger charge is 2.35. The van der Waals surface area contributed by atoms with Crippen LogP contribution in [0.5, 0.6) is 0 Å². The predicted octanol–water partition coefficient (Wildman–Crippen LogP) is 3.47. The Hall–Kier alpha value is -1.89. The molecule has 0 amide bonds. The van der Waals surface area contributed by atoms with E-state index in [1.807, 2.05) is 0 Å². The third kappa shape index (κ3) is 3.90. The van der Waals surface area contributed by atoms with E-state index in [0.29, 0.717) is 28.6 Å². The summed E-state index contributed by atoms with van der Waals surface area (Å²) in [5.74, 6) is 1.18. The van der Waals surface area contributed by atoms with Crippen LogP contribution in [0.2, 0.25) is 0 Å². The number of rotatable bonds is 3. The molecule has 3 rings (SSSR count). The Morgan fingerprint density at radius 2 is 1.91 bits per heavy atom. The van der Waals surface area contributed by atoms with Gasteiger partial charge in [0.15, 0.2) is 5.11 Å². The van der Waals surface area contributed by atoms with Crippen LogP contribution in [-0.4, -0.2) is 17.4 Å². The normalized spacial score (nSPS) is 26.0. The lowest BCUT2D eigenvalue weighted by Gasteiger charge is -2.20. The van der Waals surface area contributed by atoms with Gasteiger partial charge in [0, 0.05) is 6.04 Å². The van der Waals surface area contributed by atoms with Crippen molar-refractivity contribution in [1.29, 1.82) is 0 Å². The zero-order chi connectivity index (χ0) is 16.4. The van der Waals surface area contributed by atoms with Crippen LogP contribution in [0.3, 0.4) is 0 Å². The van der Waals surface area contributed by atoms with Crippen LogP contribution >= 0.6 is 12.2 Å². The molecule has 2 aliphatic rings. The van der Waals surface area contributed by atoms with Crippen LogP contribution < -0.4 is 10.7 Å². The molecular weight excluding hydrogens is 323 g/mol. The molecule has 0 spiro atoms. The first-order valence-electron chi connectivity index (χ1n) is 7.37. The monoisotopic (exact) mass is 339 g/mol. The molecule has 2 aliphatic carbocycles. The van der Waals surface area contributed by atoms with E-state index in [0.717, 1.165) is 18.6 Å². The highest BCUT2D eigenvalue weighted by atomic mass is 32.1. The Kier molecular flexibility index (Phi) is 4.39. The van der Waals surface area contributed by atoms with E-state index in [4.69, 9.17) is 12.2 Å². The number of halogens is 3. The van der Waals surface area contributed by atoms with Crippen molar-refractivity contribution >= 4 is 23.5 Å². The zero-order valence-electron chi connectivity index (χ0n) is 12.2. The fourth-order valence-corrected chi connectivity index (χ4v) is 3.28. The Labute approximate surface area is 137 Å². The van der Waals surface area contributed by atoms with E-state index in [9.17, 15) is 13.2 Å². The molecule has 1 saturated carbocycles. The van der Waals surface area contributed by atoms with Crippen LogP contribution in [0, 0.1) is 11.8 Å². The van der Waals surface area contributed by atoms with E-state index in [-0.39, 0.29) is 0 Å². The van der Waals surface area contributed by atoms with Gasteiger partial charge in [0.1, 0.15) is 0 Å². The summed E-state index contributed by atoms with van der Waals surface area (Å²) in [6.07, 6.45) is 3.84. The first-order chi connectivity index (χ1) is 10.9. The maximum absolute atomic E-state index is 12.5. The number of hydrogen-bond acceptors (Lipinski definition) is 2. The largest absolute Gasteiger partial charge is 0.416 e. The first-order valence-corrected chi connectivity index (χ1v) is 7.78. The van der Waals surface area contributed by atoms with Gasteiger partial charge in [-0.25, -0.2) is 0 Å². The molecule has 1 aromatic carbocycles. The Bertz CT molecular complexity index is 637. The molecular formula is C16H16F3N3S. The second kappa shape index (κ2) is 6.31. The lowest BCUT2D eigenvalue weighted by Crippen LogP contribution is -2.42. The summed E-state index contributed by atoms with van der Waals surface area (Å²) in [5, 5.41) is 7.62. The molecule has 2 N–H and O–H groups in total. The predicted molar refractivity (Wildman–Crippen MR) is 87.0 cm³/mol. The molecule has 3 atom stereocenters. The van der Waals surface area contributed by atoms with Crippen molar-refractivity contribution in [2.45, 2.75) is 25.1 Å². The third-order valence-corrected chi connectivity index (χ3v) is 4.42. The summed E-state index contributed by atoms with van der Waals surface area (Å²) in [7, 11) is 0. The van der Waals surface area contributed by atoms with Crippen molar-refractivity contribution in [2.75, 3.05) is 0 Å². The number of fused-ring (bicyclic) bond motifs is 2. The molecule has 0 aliphatic heterocycles. The SMILES string of the molecule is FC(F)(F)c1ccc(/C=N/NC(=S)NC2CC3C=CC2C3)cc1. The van der Waals surface area contributed by atoms with Gasteiger partial charge in [-0.3, -0.25) is 5.43 Å². The van der Waals surface area contributed by atoms with E-state index in [1.165, 1.54) is 24.8 Å². The standard InChI is InChI=1S/C16H16F3N3S/c17-16(18,19)13-5-2-10(3-6-13)9-20-22-15(23)21-14-8-11-1-4-12(14)7-11/h1-6,9,11-12,14H,7-8H2,(H2,21,22,23)/b20-9+. The summed E-state index contributed by atoms with van der Waals surface area (Å²) >= 11 is 5.18. The zero-order valence-corrected chi connectivity index (χ0v) is 13.0. The minimum absolute atomic E-state index is 0.339. The molecule has 0 radical (unpaired) electrons. The van der Waals surface area contributed by atoms with Gasteiger partial charge < -0.3 is 5.32 Å². The van der Waals surface area contributed by atoms with Crippen LogP contribution in [0.15, 0.2) is 41.5 Å². The fourth-order valence-electron chi connectivity index (χ4n) is 3.07. The van der Waals surface area contributed by atoms with Crippen LogP contribution in [0.25, 0.3) is 0 Å². The van der Waals surface area contributed by atoms with Crippen molar-refractivity contribution in [3.63, 3.8) is 0 Å². The fraction of sp³-hybridized carbons (Fsp3) is 0.375. The van der Waals surface area contributed by atoms with Crippen molar-refractivity contribution in [1.82, 2.24) is 10.7 Å². The average molecular weight is 339 g/mol. The summed E-state index contributed by atoms with van der Waals surface area (Å²) in [6.45, 7) is 0. The summed E-state index contributed by atoms with van der Waals surface area (Å²) < 4.78 is 37.4. The van der Waals surface area contributed by atoms with Gasteiger partial charge >= 0.3 is 6.18 Å². The minimum atomic E-state index is -4.32. The summed E-state index contributed by atoms with van der Waals surface area (Å²) in [4.78, 5) is 0. The smallest absolute Gasteiger partial charge is 0.358 e. The van der Waals surface area contributed by atoms with E-state index in [1.54, 1.807) is 0 Å². The molecule has 1 aromatic rings. The van der Waals surface area contributed by atoms with Crippen LogP contribution in [0.4, 0.5) is 13.2 Å². The van der Waals surface area contributed by atoms with E-state index in [2.05, 4.69) is 28.0 Å². The molecule has 0 heterocycles. The van der Waals surface area contributed by atoms with Gasteiger partial charge in [0.2, 0.25) is 0 Å². The molecule has 23 heavy (non-hydrogen) atoms. The summed E-state index contributed by atoms with van der Waals surface area (Å²) in [5.41, 5.74) is 2.59. The lowest BCUT2D eigenvalue weighted by atomic mass is 10.0. The number of hydrogen-bond donors (Lipinski definition) is 2. The average Bonchev–Trinajstić information content (AvgIpc) is 3.09. The number of allylic oxidation sites excluding steroid dienone is 1. The minimum Gasteiger partial charge on any atom is -0.358 e.